The van der Waals surface area contributed by atoms with Gasteiger partial charge in [0.05, 0.1) is 5.69 Å². The summed E-state index contributed by atoms with van der Waals surface area (Å²) in [5.74, 6) is -4.12. The minimum Gasteiger partial charge on any atom is -0.324 e. The van der Waals surface area contributed by atoms with Crippen molar-refractivity contribution in [1.29, 1.82) is 0 Å². The van der Waals surface area contributed by atoms with Crippen molar-refractivity contribution in [3.05, 3.63) is 59.7 Å². The number of nitrogens with zero attached hydrogens (tertiary/aromatic N) is 4. The number of anilines is 2. The van der Waals surface area contributed by atoms with E-state index in [0.29, 0.717) is 5.69 Å². The number of hydrogen-bond donors (Lipinski definition) is 1. The van der Waals surface area contributed by atoms with Crippen LogP contribution in [-0.4, -0.2) is 41.4 Å². The number of fused-ring (bicyclic) bond motifs is 1. The topological polar surface area (TPSA) is 94.4 Å². The van der Waals surface area contributed by atoms with Gasteiger partial charge in [-0.1, -0.05) is 30.3 Å². The van der Waals surface area contributed by atoms with Crippen molar-refractivity contribution in [3.8, 4) is 0 Å². The Morgan fingerprint density at radius 1 is 1.10 bits per heavy atom. The number of aryl methyl sites for hydroxylation is 1. The number of amides is 3. The Morgan fingerprint density at radius 2 is 1.87 bits per heavy atom. The molecular weight excluding hydrogens is 396 g/mol. The van der Waals surface area contributed by atoms with Crippen molar-refractivity contribution in [2.24, 2.45) is 10.3 Å². The van der Waals surface area contributed by atoms with E-state index in [-0.39, 0.29) is 12.2 Å². The maximum atomic E-state index is 13.6. The molecule has 0 radical (unpaired) electrons. The van der Waals surface area contributed by atoms with Gasteiger partial charge in [0.25, 0.3) is 11.8 Å². The highest BCUT2D eigenvalue weighted by Crippen LogP contribution is 2.32. The Labute approximate surface area is 170 Å². The zero-order valence-corrected chi connectivity index (χ0v) is 15.9. The molecule has 154 valence electrons. The van der Waals surface area contributed by atoms with Crippen LogP contribution in [0.1, 0.15) is 12.5 Å². The van der Waals surface area contributed by atoms with E-state index in [0.717, 1.165) is 40.1 Å². The van der Waals surface area contributed by atoms with Crippen LogP contribution >= 0.6 is 0 Å². The highest BCUT2D eigenvalue weighted by atomic mass is 19.2. The number of imide groups is 1. The molecule has 0 spiro atoms. The molecule has 2 atom stereocenters. The second-order valence-corrected chi connectivity index (χ2v) is 6.86. The predicted molar refractivity (Wildman–Crippen MR) is 102 cm³/mol. The minimum absolute atomic E-state index is 0.102. The molecule has 10 heteroatoms. The lowest BCUT2D eigenvalue weighted by atomic mass is 10.1. The van der Waals surface area contributed by atoms with Crippen LogP contribution in [0.4, 0.5) is 20.2 Å². The zero-order chi connectivity index (χ0) is 21.4. The summed E-state index contributed by atoms with van der Waals surface area (Å²) in [7, 11) is 0. The molecule has 4 rings (SSSR count). The fraction of sp³-hybridized carbons (Fsp3) is 0.250. The first kappa shape index (κ1) is 19.6. The molecule has 0 unspecified atom stereocenters. The van der Waals surface area contributed by atoms with Crippen molar-refractivity contribution in [2.45, 2.75) is 25.4 Å². The van der Waals surface area contributed by atoms with Gasteiger partial charge in [0.15, 0.2) is 23.7 Å². The summed E-state index contributed by atoms with van der Waals surface area (Å²) < 4.78 is 26.8. The lowest BCUT2D eigenvalue weighted by Gasteiger charge is -2.20. The molecule has 8 nitrogen and oxygen atoms in total. The molecule has 3 amide bonds. The number of hydrogen-bond acceptors (Lipinski definition) is 6. The normalized spacial score (nSPS) is 20.1. The van der Waals surface area contributed by atoms with E-state index >= 15 is 0 Å². The van der Waals surface area contributed by atoms with Crippen LogP contribution in [0.15, 0.2) is 52.8 Å². The fourth-order valence-electron chi connectivity index (χ4n) is 3.52. The van der Waals surface area contributed by atoms with Gasteiger partial charge < -0.3 is 5.32 Å². The third-order valence-corrected chi connectivity index (χ3v) is 5.00. The van der Waals surface area contributed by atoms with Crippen molar-refractivity contribution in [2.75, 3.05) is 16.8 Å². The predicted octanol–water partition coefficient (Wildman–Crippen LogP) is 2.46. The van der Waals surface area contributed by atoms with Gasteiger partial charge in [0.1, 0.15) is 6.54 Å². The third-order valence-electron chi connectivity index (χ3n) is 5.00. The van der Waals surface area contributed by atoms with E-state index in [4.69, 9.17) is 0 Å². The van der Waals surface area contributed by atoms with Gasteiger partial charge in [0, 0.05) is 11.8 Å². The molecule has 0 aliphatic carbocycles. The maximum absolute atomic E-state index is 13.6. The molecule has 2 aromatic rings. The van der Waals surface area contributed by atoms with Crippen LogP contribution in [0.25, 0.3) is 0 Å². The van der Waals surface area contributed by atoms with Crippen LogP contribution < -0.4 is 10.2 Å². The number of para-hydroxylation sites is 1. The van der Waals surface area contributed by atoms with Crippen LogP contribution in [-0.2, 0) is 20.8 Å². The number of rotatable bonds is 5. The molecule has 2 aliphatic rings. The fourth-order valence-corrected chi connectivity index (χ4v) is 3.52. The van der Waals surface area contributed by atoms with Gasteiger partial charge in [-0.3, -0.25) is 19.4 Å². The zero-order valence-electron chi connectivity index (χ0n) is 15.9. The second-order valence-electron chi connectivity index (χ2n) is 6.86. The largest absolute Gasteiger partial charge is 0.324 e. The average Bonchev–Trinajstić information content (AvgIpc) is 3.24. The lowest BCUT2D eigenvalue weighted by Crippen LogP contribution is -2.43. The first-order valence-corrected chi connectivity index (χ1v) is 9.28. The number of benzene rings is 2. The van der Waals surface area contributed by atoms with E-state index in [1.165, 1.54) is 0 Å². The van der Waals surface area contributed by atoms with E-state index in [9.17, 15) is 23.2 Å². The highest BCUT2D eigenvalue weighted by molar-refractivity contribution is 6.25. The first-order chi connectivity index (χ1) is 14.4. The summed E-state index contributed by atoms with van der Waals surface area (Å²) in [5.41, 5.74) is 1.49. The van der Waals surface area contributed by atoms with E-state index < -0.39 is 41.4 Å². The molecule has 1 saturated heterocycles. The Morgan fingerprint density at radius 3 is 2.60 bits per heavy atom. The summed E-state index contributed by atoms with van der Waals surface area (Å²) in [4.78, 5) is 38.7. The van der Waals surface area contributed by atoms with Gasteiger partial charge in [-0.25, -0.2) is 13.7 Å². The molecule has 0 bridgehead atoms. The van der Waals surface area contributed by atoms with Gasteiger partial charge in [0.2, 0.25) is 5.91 Å². The summed E-state index contributed by atoms with van der Waals surface area (Å²) in [6, 6.07) is 7.78. The Balaban J connectivity index is 1.50. The van der Waals surface area contributed by atoms with Gasteiger partial charge in [-0.05, 0) is 30.2 Å². The minimum atomic E-state index is -1.18. The SMILES string of the molecule is CCc1ccccc1NC(=O)CN1N=N[C@@H]2C(=O)N(c3ccc(F)c(F)c3)C(=O)[C@@H]21. The van der Waals surface area contributed by atoms with Crippen molar-refractivity contribution in [1.82, 2.24) is 5.01 Å². The number of halogens is 2. The maximum Gasteiger partial charge on any atom is 0.263 e. The number of carbonyl (C=O) groups is 3. The van der Waals surface area contributed by atoms with E-state index in [1.807, 2.05) is 19.1 Å². The number of carbonyl (C=O) groups excluding carboxylic acids is 3. The van der Waals surface area contributed by atoms with Gasteiger partial charge >= 0.3 is 0 Å². The van der Waals surface area contributed by atoms with Crippen molar-refractivity contribution >= 4 is 29.1 Å². The van der Waals surface area contributed by atoms with Gasteiger partial charge in [-0.2, -0.15) is 5.11 Å². The van der Waals surface area contributed by atoms with Crippen LogP contribution in [0.2, 0.25) is 0 Å². The lowest BCUT2D eigenvalue weighted by molar-refractivity contribution is -0.123. The average molecular weight is 413 g/mol. The molecule has 1 N–H and O–H groups in total. The standard InChI is InChI=1S/C20H17F2N5O3/c1-2-11-5-3-4-6-15(11)23-16(28)10-26-18-17(24-25-26)19(29)27(20(18)30)12-7-8-13(21)14(22)9-12/h3-9,17-18H,2,10H2,1H3,(H,23,28)/t17-,18+/m0/s1. The quantitative estimate of drug-likeness (QED) is 0.762. The molecule has 1 fully saturated rings. The van der Waals surface area contributed by atoms with Gasteiger partial charge in [-0.15, -0.1) is 0 Å². The second kappa shape index (κ2) is 7.62. The van der Waals surface area contributed by atoms with E-state index in [1.54, 1.807) is 12.1 Å². The molecule has 2 aliphatic heterocycles. The summed E-state index contributed by atoms with van der Waals surface area (Å²) in [5, 5.41) is 11.5. The van der Waals surface area contributed by atoms with Crippen LogP contribution in [0.5, 0.6) is 0 Å². The summed E-state index contributed by atoms with van der Waals surface area (Å²) in [6.07, 6.45) is 0.723. The molecule has 30 heavy (non-hydrogen) atoms. The molecule has 0 saturated carbocycles. The Hall–Kier alpha value is -3.69. The Kier molecular flexibility index (Phi) is 4.98. The van der Waals surface area contributed by atoms with E-state index in [2.05, 4.69) is 15.7 Å². The number of nitrogens with one attached hydrogen (secondary N) is 1. The third kappa shape index (κ3) is 3.30. The highest BCUT2D eigenvalue weighted by Gasteiger charge is 2.55. The molecular formula is C20H17F2N5O3. The Bertz CT molecular complexity index is 1070. The summed E-state index contributed by atoms with van der Waals surface area (Å²) >= 11 is 0. The molecule has 2 aromatic carbocycles. The molecule has 2 heterocycles. The van der Waals surface area contributed by atoms with Crippen LogP contribution in [0, 0.1) is 11.6 Å². The smallest absolute Gasteiger partial charge is 0.263 e. The monoisotopic (exact) mass is 413 g/mol. The van der Waals surface area contributed by atoms with Crippen molar-refractivity contribution in [3.63, 3.8) is 0 Å². The summed E-state index contributed by atoms with van der Waals surface area (Å²) in [6.45, 7) is 1.66. The van der Waals surface area contributed by atoms with Crippen LogP contribution in [0.3, 0.4) is 0 Å². The van der Waals surface area contributed by atoms with Crippen molar-refractivity contribution < 1.29 is 23.2 Å². The molecule has 0 aromatic heterocycles. The first-order valence-electron chi connectivity index (χ1n) is 9.28.